The van der Waals surface area contributed by atoms with Crippen molar-refractivity contribution in [2.75, 3.05) is 6.61 Å². The van der Waals surface area contributed by atoms with E-state index in [0.29, 0.717) is 17.9 Å². The van der Waals surface area contributed by atoms with Crippen molar-refractivity contribution in [3.63, 3.8) is 0 Å². The Morgan fingerprint density at radius 1 is 1.33 bits per heavy atom. The maximum atomic E-state index is 11.6. The van der Waals surface area contributed by atoms with E-state index in [1.807, 2.05) is 26.0 Å². The summed E-state index contributed by atoms with van der Waals surface area (Å²) in [5.74, 6) is 6.20. The van der Waals surface area contributed by atoms with E-state index in [-0.39, 0.29) is 5.78 Å². The number of carbonyl (C=O) groups is 1. The summed E-state index contributed by atoms with van der Waals surface area (Å²) < 4.78 is 5.55. The smallest absolute Gasteiger partial charge is 0.159 e. The van der Waals surface area contributed by atoms with Gasteiger partial charge in [0, 0.05) is 22.5 Å². The molecule has 110 valence electrons. The molecular formula is C18H21NO2. The number of ketones is 1. The molecule has 0 saturated carbocycles. The number of benzene rings is 1. The predicted octanol–water partition coefficient (Wildman–Crippen LogP) is 3.78. The first-order valence-electron chi connectivity index (χ1n) is 6.75. The van der Waals surface area contributed by atoms with Gasteiger partial charge in [-0.15, -0.1) is 5.92 Å². The monoisotopic (exact) mass is 283 g/mol. The molecule has 0 aliphatic rings. The molecule has 0 aliphatic heterocycles. The topological polar surface area (TPSA) is 38.3 Å². The Morgan fingerprint density at radius 2 is 2.00 bits per heavy atom. The summed E-state index contributed by atoms with van der Waals surface area (Å²) >= 11 is 0. The van der Waals surface area contributed by atoms with Crippen molar-refractivity contribution in [2.24, 2.45) is 0 Å². The molecule has 0 heterocycles. The molecule has 3 heteroatoms. The van der Waals surface area contributed by atoms with Crippen LogP contribution in [0.15, 0.2) is 36.6 Å². The Morgan fingerprint density at radius 3 is 2.57 bits per heavy atom. The van der Waals surface area contributed by atoms with Crippen LogP contribution in [0.25, 0.3) is 5.70 Å². The number of nitrogens with one attached hydrogen (secondary N) is 1. The quantitative estimate of drug-likeness (QED) is 0.638. The van der Waals surface area contributed by atoms with Gasteiger partial charge in [0.2, 0.25) is 0 Å². The summed E-state index contributed by atoms with van der Waals surface area (Å²) in [5.41, 5.74) is 3.13. The van der Waals surface area contributed by atoms with Gasteiger partial charge in [0.1, 0.15) is 12.4 Å². The van der Waals surface area contributed by atoms with Crippen LogP contribution in [0, 0.1) is 11.8 Å². The molecular weight excluding hydrogens is 262 g/mol. The molecule has 1 aromatic rings. The standard InChI is InChI=1S/C18H21NO2/c1-6-8-9-21-18-11-16(10-17(12-18)15(5)20)14(4)19-13(3)7-2/h7,10-12,19H,4,9H2,1-3,5H3/b13-7-. The number of hydrogen-bond acceptors (Lipinski definition) is 3. The first-order chi connectivity index (χ1) is 9.97. The summed E-state index contributed by atoms with van der Waals surface area (Å²) in [5, 5.41) is 3.18. The molecule has 3 nitrogen and oxygen atoms in total. The highest BCUT2D eigenvalue weighted by molar-refractivity contribution is 5.95. The first-order valence-corrected chi connectivity index (χ1v) is 6.75. The maximum Gasteiger partial charge on any atom is 0.159 e. The Hall–Kier alpha value is -2.47. The molecule has 0 radical (unpaired) electrons. The highest BCUT2D eigenvalue weighted by Crippen LogP contribution is 2.22. The minimum atomic E-state index is -0.0150. The lowest BCUT2D eigenvalue weighted by atomic mass is 10.1. The molecule has 0 unspecified atom stereocenters. The van der Waals surface area contributed by atoms with Gasteiger partial charge in [0.05, 0.1) is 0 Å². The molecule has 0 saturated heterocycles. The predicted molar refractivity (Wildman–Crippen MR) is 87.0 cm³/mol. The Bertz CT molecular complexity index is 630. The highest BCUT2D eigenvalue weighted by Gasteiger charge is 2.08. The van der Waals surface area contributed by atoms with Crippen molar-refractivity contribution < 1.29 is 9.53 Å². The largest absolute Gasteiger partial charge is 0.481 e. The van der Waals surface area contributed by atoms with Gasteiger partial charge in [-0.3, -0.25) is 4.79 Å². The van der Waals surface area contributed by atoms with E-state index in [1.54, 1.807) is 19.1 Å². The Balaban J connectivity index is 3.08. The molecule has 0 fully saturated rings. The van der Waals surface area contributed by atoms with Crippen LogP contribution < -0.4 is 10.1 Å². The van der Waals surface area contributed by atoms with Crippen molar-refractivity contribution in [3.05, 3.63) is 47.7 Å². The Kier molecular flexibility index (Phi) is 6.29. The summed E-state index contributed by atoms with van der Waals surface area (Å²) in [7, 11) is 0. The van der Waals surface area contributed by atoms with E-state index in [1.165, 1.54) is 6.92 Å². The maximum absolute atomic E-state index is 11.6. The van der Waals surface area contributed by atoms with Crippen molar-refractivity contribution in [2.45, 2.75) is 27.7 Å². The second-order valence-corrected chi connectivity index (χ2v) is 4.59. The van der Waals surface area contributed by atoms with E-state index in [4.69, 9.17) is 4.74 Å². The summed E-state index contributed by atoms with van der Waals surface area (Å²) in [6.45, 7) is 11.5. The molecule has 0 aliphatic carbocycles. The van der Waals surface area contributed by atoms with Crippen LogP contribution in [0.4, 0.5) is 0 Å². The van der Waals surface area contributed by atoms with Crippen molar-refractivity contribution in [1.29, 1.82) is 0 Å². The van der Waals surface area contributed by atoms with Gasteiger partial charge in [-0.1, -0.05) is 18.6 Å². The third kappa shape index (κ3) is 5.19. The van der Waals surface area contributed by atoms with Gasteiger partial charge in [0.15, 0.2) is 5.78 Å². The van der Waals surface area contributed by atoms with Gasteiger partial charge in [-0.25, -0.2) is 0 Å². The van der Waals surface area contributed by atoms with Crippen LogP contribution in [-0.4, -0.2) is 12.4 Å². The molecule has 0 atom stereocenters. The fraction of sp³-hybridized carbons (Fsp3) is 0.278. The van der Waals surface area contributed by atoms with E-state index in [2.05, 4.69) is 23.7 Å². The normalized spacial score (nSPS) is 10.4. The molecule has 0 aromatic heterocycles. The third-order valence-corrected chi connectivity index (χ3v) is 2.93. The van der Waals surface area contributed by atoms with Gasteiger partial charge in [0.25, 0.3) is 0 Å². The molecule has 1 aromatic carbocycles. The zero-order valence-electron chi connectivity index (χ0n) is 13.0. The van der Waals surface area contributed by atoms with Gasteiger partial charge < -0.3 is 10.1 Å². The number of Topliss-reactive ketones (excluding diaryl/α,β-unsaturated/α-hetero) is 1. The van der Waals surface area contributed by atoms with Crippen LogP contribution in [0.5, 0.6) is 5.75 Å². The van der Waals surface area contributed by atoms with E-state index < -0.39 is 0 Å². The molecule has 1 N–H and O–H groups in total. The lowest BCUT2D eigenvalue weighted by Crippen LogP contribution is -2.09. The highest BCUT2D eigenvalue weighted by atomic mass is 16.5. The first kappa shape index (κ1) is 16.6. The molecule has 1 rings (SSSR count). The van der Waals surface area contributed by atoms with Crippen LogP contribution in [0.3, 0.4) is 0 Å². The van der Waals surface area contributed by atoms with E-state index in [9.17, 15) is 4.79 Å². The lowest BCUT2D eigenvalue weighted by Gasteiger charge is -2.13. The SMILES string of the molecule is C=C(N/C(C)=C\C)c1cc(OCC#CC)cc(C(C)=O)c1. The molecule has 0 bridgehead atoms. The molecule has 0 spiro atoms. The molecule has 21 heavy (non-hydrogen) atoms. The number of ether oxygens (including phenoxy) is 1. The minimum Gasteiger partial charge on any atom is -0.481 e. The minimum absolute atomic E-state index is 0.0150. The Labute approximate surface area is 126 Å². The zero-order valence-corrected chi connectivity index (χ0v) is 13.0. The van der Waals surface area contributed by atoms with Crippen LogP contribution in [0.2, 0.25) is 0 Å². The van der Waals surface area contributed by atoms with Crippen LogP contribution in [0.1, 0.15) is 43.6 Å². The van der Waals surface area contributed by atoms with Crippen molar-refractivity contribution in [1.82, 2.24) is 5.32 Å². The molecule has 0 amide bonds. The second kappa shape index (κ2) is 7.96. The summed E-state index contributed by atoms with van der Waals surface area (Å²) in [6.07, 6.45) is 1.95. The van der Waals surface area contributed by atoms with Crippen molar-refractivity contribution >= 4 is 11.5 Å². The average Bonchev–Trinajstić information content (AvgIpc) is 2.46. The van der Waals surface area contributed by atoms with Gasteiger partial charge >= 0.3 is 0 Å². The van der Waals surface area contributed by atoms with E-state index in [0.717, 1.165) is 17.0 Å². The summed E-state index contributed by atoms with van der Waals surface area (Å²) in [6, 6.07) is 5.37. The van der Waals surface area contributed by atoms with Gasteiger partial charge in [-0.2, -0.15) is 0 Å². The fourth-order valence-electron chi connectivity index (χ4n) is 1.63. The van der Waals surface area contributed by atoms with E-state index >= 15 is 0 Å². The third-order valence-electron chi connectivity index (χ3n) is 2.93. The van der Waals surface area contributed by atoms with Crippen LogP contribution >= 0.6 is 0 Å². The zero-order chi connectivity index (χ0) is 15.8. The number of carbonyl (C=O) groups excluding carboxylic acids is 1. The van der Waals surface area contributed by atoms with Crippen molar-refractivity contribution in [3.8, 4) is 17.6 Å². The van der Waals surface area contributed by atoms with Crippen LogP contribution in [-0.2, 0) is 0 Å². The number of hydrogen-bond donors (Lipinski definition) is 1. The number of rotatable bonds is 6. The second-order valence-electron chi connectivity index (χ2n) is 4.59. The number of allylic oxidation sites excluding steroid dienone is 2. The van der Waals surface area contributed by atoms with Gasteiger partial charge in [-0.05, 0) is 45.9 Å². The average molecular weight is 283 g/mol. The lowest BCUT2D eigenvalue weighted by molar-refractivity contribution is 0.101. The summed E-state index contributed by atoms with van der Waals surface area (Å²) in [4.78, 5) is 11.6. The fourth-order valence-corrected chi connectivity index (χ4v) is 1.63.